The number of benzene rings is 1. The summed E-state index contributed by atoms with van der Waals surface area (Å²) in [5, 5.41) is 31.0. The molecule has 1 aliphatic rings. The van der Waals surface area contributed by atoms with Crippen LogP contribution >= 0.6 is 0 Å². The van der Waals surface area contributed by atoms with Gasteiger partial charge in [0.1, 0.15) is 0 Å². The van der Waals surface area contributed by atoms with Crippen molar-refractivity contribution in [2.24, 2.45) is 0 Å². The molecule has 15 nitrogen and oxygen atoms in total. The van der Waals surface area contributed by atoms with E-state index in [0.717, 1.165) is 6.07 Å². The highest BCUT2D eigenvalue weighted by atomic mass is 32.2. The second kappa shape index (κ2) is 12.3. The molecule has 0 aliphatic carbocycles. The van der Waals surface area contributed by atoms with Gasteiger partial charge in [-0.2, -0.15) is 15.0 Å². The number of morpholine rings is 1. The van der Waals surface area contributed by atoms with Gasteiger partial charge in [-0.1, -0.05) is 0 Å². The van der Waals surface area contributed by atoms with Crippen molar-refractivity contribution in [2.45, 2.75) is 0 Å². The zero-order valence-corrected chi connectivity index (χ0v) is 19.2. The van der Waals surface area contributed by atoms with Crippen molar-refractivity contribution in [1.29, 1.82) is 0 Å². The maximum absolute atomic E-state index is 11.4. The minimum Gasteiger partial charge on any atom is -0.760 e. The third kappa shape index (κ3) is 7.52. The molecule has 1 fully saturated rings. The summed E-state index contributed by atoms with van der Waals surface area (Å²) in [6.07, 6.45) is 0. The Labute approximate surface area is 202 Å². The number of carbonyl (C=O) groups is 2. The second-order valence-corrected chi connectivity index (χ2v) is 7.99. The van der Waals surface area contributed by atoms with Gasteiger partial charge in [-0.25, -0.2) is 14.3 Å². The zero-order valence-electron chi connectivity index (χ0n) is 18.4. The van der Waals surface area contributed by atoms with Gasteiger partial charge in [-0.3, -0.25) is 4.21 Å². The van der Waals surface area contributed by atoms with Crippen molar-refractivity contribution >= 4 is 46.7 Å². The second-order valence-electron chi connectivity index (χ2n) is 7.23. The van der Waals surface area contributed by atoms with E-state index in [0.29, 0.717) is 26.3 Å². The molecule has 0 amide bonds. The lowest BCUT2D eigenvalue weighted by Crippen LogP contribution is -2.39. The predicted octanol–water partition coefficient (Wildman–Crippen LogP) is -0.969. The fourth-order valence-electron chi connectivity index (χ4n) is 3.23. The Hall–Kier alpha value is -3.44. The molecule has 35 heavy (non-hydrogen) atoms. The highest BCUT2D eigenvalue weighted by Crippen LogP contribution is 2.22. The van der Waals surface area contributed by atoms with Crippen molar-refractivity contribution in [3.05, 3.63) is 29.3 Å². The highest BCUT2D eigenvalue weighted by molar-refractivity contribution is 7.77. The Bertz CT molecular complexity index is 1050. The van der Waals surface area contributed by atoms with Crippen LogP contribution in [0, 0.1) is 0 Å². The molecule has 3 rings (SSSR count). The van der Waals surface area contributed by atoms with Gasteiger partial charge in [0, 0.05) is 49.7 Å². The number of anilines is 4. The molecule has 0 radical (unpaired) electrons. The van der Waals surface area contributed by atoms with E-state index >= 15 is 0 Å². The van der Waals surface area contributed by atoms with Crippen molar-refractivity contribution in [3.8, 4) is 0 Å². The molecule has 1 atom stereocenters. The third-order valence-electron chi connectivity index (χ3n) is 4.84. The number of carboxylic acids is 2. The fourth-order valence-corrected chi connectivity index (χ4v) is 3.49. The zero-order chi connectivity index (χ0) is 25.4. The summed E-state index contributed by atoms with van der Waals surface area (Å²) >= 11 is -2.47. The van der Waals surface area contributed by atoms with Gasteiger partial charge in [-0.05, 0) is 18.2 Å². The molecule has 0 saturated carbocycles. The minimum atomic E-state index is -2.47. The average Bonchev–Trinajstić information content (AvgIpc) is 2.83. The van der Waals surface area contributed by atoms with Gasteiger partial charge < -0.3 is 39.7 Å². The number of carboxylic acid groups (broad SMARTS) is 2. The van der Waals surface area contributed by atoms with Crippen LogP contribution in [0.25, 0.3) is 0 Å². The van der Waals surface area contributed by atoms with Crippen molar-refractivity contribution in [2.75, 3.05) is 67.7 Å². The van der Waals surface area contributed by atoms with Crippen LogP contribution in [0.15, 0.2) is 18.2 Å². The first-order chi connectivity index (χ1) is 16.8. The smallest absolute Gasteiger partial charge is 0.335 e. The lowest BCUT2D eigenvalue weighted by Gasteiger charge is -2.28. The van der Waals surface area contributed by atoms with E-state index in [1.165, 1.54) is 12.1 Å². The van der Waals surface area contributed by atoms with Gasteiger partial charge in [0.05, 0.1) is 30.9 Å². The molecule has 1 saturated heterocycles. The van der Waals surface area contributed by atoms with E-state index in [-0.39, 0.29) is 60.9 Å². The van der Waals surface area contributed by atoms with E-state index in [9.17, 15) is 33.7 Å². The molecule has 1 aromatic heterocycles. The SMILES string of the molecule is O=C(O)c1cc(Nc2nc(N(CCO)CCNS(=O)[O-])nc(N3CCOCC3)n2)cc(C(=O)O)c1. The number of nitrogens with zero attached hydrogens (tertiary/aromatic N) is 5. The van der Waals surface area contributed by atoms with Gasteiger partial charge in [0.2, 0.25) is 17.8 Å². The number of aromatic carboxylic acids is 2. The number of aliphatic hydroxyl groups is 1. The molecule has 2 aromatic rings. The van der Waals surface area contributed by atoms with Crippen LogP contribution in [0.2, 0.25) is 0 Å². The monoisotopic (exact) mass is 510 g/mol. The van der Waals surface area contributed by atoms with Gasteiger partial charge >= 0.3 is 11.9 Å². The molecule has 0 spiro atoms. The standard InChI is InChI=1S/C19H25N7O8S/c27-6-3-25(2-1-20-35(32)33)18-22-17(23-19(24-18)26-4-7-34-8-5-26)21-14-10-12(15(28)29)9-13(11-14)16(30)31/h9-11,20,27H,1-8H2,(H,28,29)(H,30,31)(H,32,33)(H,21,22,23,24)/p-1. The van der Waals surface area contributed by atoms with E-state index < -0.39 is 23.2 Å². The molecule has 1 unspecified atom stereocenters. The third-order valence-corrected chi connectivity index (χ3v) is 5.28. The summed E-state index contributed by atoms with van der Waals surface area (Å²) in [6.45, 7) is 1.89. The number of aliphatic hydroxyl groups excluding tert-OH is 1. The summed E-state index contributed by atoms with van der Waals surface area (Å²) in [5.74, 6) is -2.21. The molecular formula is C19H24N7O8S-. The largest absolute Gasteiger partial charge is 0.760 e. The molecule has 16 heteroatoms. The molecule has 1 aromatic carbocycles. The van der Waals surface area contributed by atoms with Gasteiger partial charge in [-0.15, -0.1) is 0 Å². The normalized spacial score (nSPS) is 14.4. The minimum absolute atomic E-state index is 0.00123. The van der Waals surface area contributed by atoms with Crippen LogP contribution in [-0.4, -0.2) is 104 Å². The maximum atomic E-state index is 11.4. The topological polar surface area (TPSA) is 213 Å². The van der Waals surface area contributed by atoms with Crippen molar-refractivity contribution in [1.82, 2.24) is 19.7 Å². The maximum Gasteiger partial charge on any atom is 0.335 e. The summed E-state index contributed by atoms with van der Waals surface area (Å²) in [6, 6.07) is 3.51. The first-order valence-electron chi connectivity index (χ1n) is 10.4. The predicted molar refractivity (Wildman–Crippen MR) is 123 cm³/mol. The quantitative estimate of drug-likeness (QED) is 0.217. The van der Waals surface area contributed by atoms with Crippen molar-refractivity contribution < 1.29 is 38.4 Å². The van der Waals surface area contributed by atoms with Crippen molar-refractivity contribution in [3.63, 3.8) is 0 Å². The number of rotatable bonds is 12. The Morgan fingerprint density at radius 3 is 2.31 bits per heavy atom. The Balaban J connectivity index is 1.99. The Morgan fingerprint density at radius 2 is 1.74 bits per heavy atom. The molecule has 2 heterocycles. The Morgan fingerprint density at radius 1 is 1.09 bits per heavy atom. The molecule has 190 valence electrons. The average molecular weight is 511 g/mol. The first-order valence-corrected chi connectivity index (χ1v) is 11.5. The van der Waals surface area contributed by atoms with Gasteiger partial charge in [0.25, 0.3) is 0 Å². The van der Waals surface area contributed by atoms with Crippen LogP contribution in [0.5, 0.6) is 0 Å². The molecule has 0 bridgehead atoms. The Kier molecular flexibility index (Phi) is 9.21. The van der Waals surface area contributed by atoms with Crippen LogP contribution in [0.3, 0.4) is 0 Å². The summed E-state index contributed by atoms with van der Waals surface area (Å²) in [7, 11) is 0. The molecular weight excluding hydrogens is 486 g/mol. The summed E-state index contributed by atoms with van der Waals surface area (Å²) in [5.41, 5.74) is -0.355. The number of aromatic nitrogens is 3. The van der Waals surface area contributed by atoms with Crippen LogP contribution in [0.4, 0.5) is 23.5 Å². The van der Waals surface area contributed by atoms with Crippen LogP contribution in [0.1, 0.15) is 20.7 Å². The first kappa shape index (κ1) is 26.2. The van der Waals surface area contributed by atoms with Gasteiger partial charge in [0.15, 0.2) is 0 Å². The lowest BCUT2D eigenvalue weighted by atomic mass is 10.1. The number of hydrogen-bond donors (Lipinski definition) is 5. The number of ether oxygens (including phenoxy) is 1. The van der Waals surface area contributed by atoms with E-state index in [4.69, 9.17) is 4.74 Å². The molecule has 5 N–H and O–H groups in total. The number of nitrogens with one attached hydrogen (secondary N) is 2. The lowest BCUT2D eigenvalue weighted by molar-refractivity contribution is 0.0696. The van der Waals surface area contributed by atoms with E-state index in [2.05, 4.69) is 25.0 Å². The summed E-state index contributed by atoms with van der Waals surface area (Å²) < 4.78 is 29.2. The van der Waals surface area contributed by atoms with Crippen LogP contribution in [-0.2, 0) is 16.0 Å². The van der Waals surface area contributed by atoms with Crippen LogP contribution < -0.4 is 19.8 Å². The highest BCUT2D eigenvalue weighted by Gasteiger charge is 2.20. The number of hydrogen-bond acceptors (Lipinski definition) is 12. The van der Waals surface area contributed by atoms with E-state index in [1.807, 2.05) is 4.90 Å². The molecule has 1 aliphatic heterocycles. The van der Waals surface area contributed by atoms with E-state index in [1.54, 1.807) is 4.90 Å². The summed E-state index contributed by atoms with van der Waals surface area (Å²) in [4.78, 5) is 39.5. The fraction of sp³-hybridized carbons (Fsp3) is 0.421.